The molecule has 65 valence electrons. The predicted octanol–water partition coefficient (Wildman–Crippen LogP) is 1.69. The number of hydrogen-bond donors (Lipinski definition) is 0. The number of sulfone groups is 1. The Hall–Kier alpha value is -0.900. The van der Waals surface area contributed by atoms with Crippen LogP contribution in [0, 0.1) is 6.01 Å². The van der Waals surface area contributed by atoms with Crippen LogP contribution in [0.15, 0.2) is 30.3 Å². The number of rotatable bonds is 3. The van der Waals surface area contributed by atoms with Crippen LogP contribution in [0.5, 0.6) is 0 Å². The summed E-state index contributed by atoms with van der Waals surface area (Å²) in [5.74, 6) is -0.273. The van der Waals surface area contributed by atoms with Crippen LogP contribution >= 0.6 is 0 Å². The largest absolute Gasteiger partial charge is 0.246 e. The fourth-order valence-electron chi connectivity index (χ4n) is 0.838. The SMILES string of the molecule is O=S(=O)([CH]F)Cc1ccccc1. The van der Waals surface area contributed by atoms with Gasteiger partial charge in [0, 0.05) is 0 Å². The Labute approximate surface area is 71.0 Å². The molecule has 0 fully saturated rings. The molecular weight excluding hydrogens is 179 g/mol. The summed E-state index contributed by atoms with van der Waals surface area (Å²) < 4.78 is 33.2. The zero-order chi connectivity index (χ0) is 9.03. The lowest BCUT2D eigenvalue weighted by Gasteiger charge is -1.97. The van der Waals surface area contributed by atoms with Gasteiger partial charge in [-0.3, -0.25) is 0 Å². The van der Waals surface area contributed by atoms with E-state index in [2.05, 4.69) is 0 Å². The van der Waals surface area contributed by atoms with E-state index in [1.165, 1.54) is 0 Å². The lowest BCUT2D eigenvalue weighted by molar-refractivity contribution is 0.573. The van der Waals surface area contributed by atoms with Crippen molar-refractivity contribution in [2.75, 3.05) is 0 Å². The van der Waals surface area contributed by atoms with E-state index in [0.29, 0.717) is 5.56 Å². The zero-order valence-corrected chi connectivity index (χ0v) is 7.09. The number of benzene rings is 1. The van der Waals surface area contributed by atoms with E-state index in [4.69, 9.17) is 0 Å². The standard InChI is InChI=1S/C8H8FO2S/c9-7-12(10,11)6-8-4-2-1-3-5-8/h1-5,7H,6H2. The Morgan fingerprint density at radius 1 is 1.25 bits per heavy atom. The van der Waals surface area contributed by atoms with Crippen molar-refractivity contribution in [1.82, 2.24) is 0 Å². The van der Waals surface area contributed by atoms with Gasteiger partial charge in [-0.05, 0) is 5.56 Å². The third kappa shape index (κ3) is 2.62. The molecule has 0 N–H and O–H groups in total. The summed E-state index contributed by atoms with van der Waals surface area (Å²) in [6.07, 6.45) is 0. The molecule has 0 aliphatic rings. The first kappa shape index (κ1) is 9.19. The molecule has 0 unspecified atom stereocenters. The molecule has 0 bridgehead atoms. The van der Waals surface area contributed by atoms with E-state index in [9.17, 15) is 12.8 Å². The van der Waals surface area contributed by atoms with Crippen LogP contribution in [0.3, 0.4) is 0 Å². The summed E-state index contributed by atoms with van der Waals surface area (Å²) >= 11 is 0. The highest BCUT2D eigenvalue weighted by Gasteiger charge is 2.10. The van der Waals surface area contributed by atoms with Crippen molar-refractivity contribution in [3.8, 4) is 0 Å². The molecule has 1 rings (SSSR count). The molecule has 0 aliphatic carbocycles. The highest BCUT2D eigenvalue weighted by molar-refractivity contribution is 7.92. The molecule has 1 radical (unpaired) electrons. The lowest BCUT2D eigenvalue weighted by atomic mass is 10.2. The van der Waals surface area contributed by atoms with Gasteiger partial charge < -0.3 is 0 Å². The average Bonchev–Trinajstić information content (AvgIpc) is 2.06. The van der Waals surface area contributed by atoms with Gasteiger partial charge in [0.1, 0.15) is 0 Å². The molecule has 0 saturated carbocycles. The van der Waals surface area contributed by atoms with Gasteiger partial charge in [0.25, 0.3) is 0 Å². The van der Waals surface area contributed by atoms with E-state index in [0.717, 1.165) is 0 Å². The second-order valence-electron chi connectivity index (χ2n) is 2.38. The minimum absolute atomic E-state index is 0.264. The molecule has 0 heterocycles. The zero-order valence-electron chi connectivity index (χ0n) is 6.27. The first-order chi connectivity index (χ1) is 5.64. The van der Waals surface area contributed by atoms with Crippen LogP contribution in [0.25, 0.3) is 0 Å². The second-order valence-corrected chi connectivity index (χ2v) is 4.17. The number of halogens is 1. The van der Waals surface area contributed by atoms with Crippen LogP contribution < -0.4 is 0 Å². The van der Waals surface area contributed by atoms with E-state index in [1.807, 2.05) is 0 Å². The quantitative estimate of drug-likeness (QED) is 0.721. The summed E-state index contributed by atoms with van der Waals surface area (Å²) in [7, 11) is -3.66. The van der Waals surface area contributed by atoms with Crippen molar-refractivity contribution in [3.05, 3.63) is 41.9 Å². The molecule has 0 saturated heterocycles. The Morgan fingerprint density at radius 3 is 2.33 bits per heavy atom. The van der Waals surface area contributed by atoms with Crippen molar-refractivity contribution in [3.63, 3.8) is 0 Å². The number of hydrogen-bond acceptors (Lipinski definition) is 2. The third-order valence-corrected chi connectivity index (χ3v) is 2.35. The maximum Gasteiger partial charge on any atom is 0.246 e. The second kappa shape index (κ2) is 3.67. The Balaban J connectivity index is 2.78. The molecule has 12 heavy (non-hydrogen) atoms. The topological polar surface area (TPSA) is 34.1 Å². The molecule has 0 spiro atoms. The lowest BCUT2D eigenvalue weighted by Crippen LogP contribution is -2.01. The van der Waals surface area contributed by atoms with Gasteiger partial charge in [0.2, 0.25) is 6.01 Å². The van der Waals surface area contributed by atoms with Crippen molar-refractivity contribution >= 4 is 9.84 Å². The predicted molar refractivity (Wildman–Crippen MR) is 44.5 cm³/mol. The van der Waals surface area contributed by atoms with Gasteiger partial charge >= 0.3 is 0 Å². The molecule has 0 aromatic heterocycles. The molecule has 1 aromatic carbocycles. The van der Waals surface area contributed by atoms with Crippen molar-refractivity contribution in [2.24, 2.45) is 0 Å². The van der Waals surface area contributed by atoms with Crippen LogP contribution in [-0.2, 0) is 15.6 Å². The fraction of sp³-hybridized carbons (Fsp3) is 0.125. The average molecular weight is 187 g/mol. The third-order valence-electron chi connectivity index (χ3n) is 1.35. The van der Waals surface area contributed by atoms with E-state index < -0.39 is 9.84 Å². The van der Waals surface area contributed by atoms with Crippen LogP contribution in [0.2, 0.25) is 0 Å². The minimum atomic E-state index is -3.66. The maximum absolute atomic E-state index is 11.7. The van der Waals surface area contributed by atoms with Crippen molar-refractivity contribution < 1.29 is 12.8 Å². The maximum atomic E-state index is 11.7. The van der Waals surface area contributed by atoms with Gasteiger partial charge in [-0.2, -0.15) is 0 Å². The normalized spacial score (nSPS) is 11.4. The summed E-state index contributed by atoms with van der Waals surface area (Å²) in [5, 5.41) is 0. The van der Waals surface area contributed by atoms with Gasteiger partial charge in [0.05, 0.1) is 5.75 Å². The smallest absolute Gasteiger partial charge is 0.226 e. The molecule has 1 aromatic rings. The molecular formula is C8H8FO2S. The van der Waals surface area contributed by atoms with Gasteiger partial charge in [-0.15, -0.1) is 0 Å². The van der Waals surface area contributed by atoms with E-state index in [1.54, 1.807) is 30.3 Å². The summed E-state index contributed by atoms with van der Waals surface area (Å²) in [6, 6.07) is 8.21. The summed E-state index contributed by atoms with van der Waals surface area (Å²) in [4.78, 5) is 0. The molecule has 4 heteroatoms. The Morgan fingerprint density at radius 2 is 1.83 bits per heavy atom. The summed E-state index contributed by atoms with van der Waals surface area (Å²) in [5.41, 5.74) is 0.589. The highest BCUT2D eigenvalue weighted by atomic mass is 32.2. The first-order valence-corrected chi connectivity index (χ1v) is 5.06. The van der Waals surface area contributed by atoms with Crippen LogP contribution in [0.1, 0.15) is 5.56 Å². The van der Waals surface area contributed by atoms with Crippen LogP contribution in [-0.4, -0.2) is 8.42 Å². The monoisotopic (exact) mass is 187 g/mol. The molecule has 2 nitrogen and oxygen atoms in total. The molecule has 0 amide bonds. The van der Waals surface area contributed by atoms with Crippen molar-refractivity contribution in [1.29, 1.82) is 0 Å². The first-order valence-electron chi connectivity index (χ1n) is 3.34. The fourth-order valence-corrected chi connectivity index (χ4v) is 1.56. The van der Waals surface area contributed by atoms with Gasteiger partial charge in [0.15, 0.2) is 9.84 Å². The van der Waals surface area contributed by atoms with Crippen LogP contribution in [0.4, 0.5) is 4.39 Å². The molecule has 0 atom stereocenters. The molecule has 0 aliphatic heterocycles. The Bertz CT molecular complexity index is 331. The van der Waals surface area contributed by atoms with Gasteiger partial charge in [-0.1, -0.05) is 30.3 Å². The van der Waals surface area contributed by atoms with E-state index in [-0.39, 0.29) is 11.8 Å². The minimum Gasteiger partial charge on any atom is -0.226 e. The van der Waals surface area contributed by atoms with Gasteiger partial charge in [-0.25, -0.2) is 12.8 Å². The Kier molecular flexibility index (Phi) is 2.81. The summed E-state index contributed by atoms with van der Waals surface area (Å²) in [6.45, 7) is 0. The van der Waals surface area contributed by atoms with Crippen molar-refractivity contribution in [2.45, 2.75) is 5.75 Å². The van der Waals surface area contributed by atoms with E-state index >= 15 is 0 Å². The highest BCUT2D eigenvalue weighted by Crippen LogP contribution is 2.08.